The van der Waals surface area contributed by atoms with Crippen LogP contribution in [-0.4, -0.2) is 14.9 Å². The van der Waals surface area contributed by atoms with Gasteiger partial charge in [-0.25, -0.2) is 13.5 Å². The second kappa shape index (κ2) is 6.48. The van der Waals surface area contributed by atoms with Gasteiger partial charge in [-0.3, -0.25) is 0 Å². The summed E-state index contributed by atoms with van der Waals surface area (Å²) in [5, 5.41) is 13.9. The highest BCUT2D eigenvalue weighted by Crippen LogP contribution is 2.29. The summed E-state index contributed by atoms with van der Waals surface area (Å²) in [5.74, 6) is -1.60. The molecular formula is C20H14F2N2O2. The minimum atomic E-state index is -0.676. The van der Waals surface area contributed by atoms with Crippen LogP contribution >= 0.6 is 0 Å². The number of hydrogen-bond donors (Lipinski definition) is 1. The monoisotopic (exact) mass is 353 g/mol. The fourth-order valence-corrected chi connectivity index (χ4v) is 2.68. The molecule has 0 aliphatic carbocycles. The molecule has 0 unspecified atom stereocenters. The van der Waals surface area contributed by atoms with Gasteiger partial charge in [0.2, 0.25) is 0 Å². The molecule has 0 radical (unpaired) electrons. The fraction of sp³-hybridized carbons (Fsp3) is 0.0500. The zero-order chi connectivity index (χ0) is 19.0. The summed E-state index contributed by atoms with van der Waals surface area (Å²) in [6, 6.07) is 15.6. The number of benzene rings is 3. The highest BCUT2D eigenvalue weighted by atomic mass is 19.1. The maximum atomic E-state index is 14.5. The lowest BCUT2D eigenvalue weighted by molar-refractivity contribution is 0.290. The fourth-order valence-electron chi connectivity index (χ4n) is 2.68. The Morgan fingerprint density at radius 2 is 1.88 bits per heavy atom. The van der Waals surface area contributed by atoms with Crippen molar-refractivity contribution in [3.05, 3.63) is 84.0 Å². The number of aromatic nitrogens is 2. The predicted molar refractivity (Wildman–Crippen MR) is 93.4 cm³/mol. The Balaban J connectivity index is 1.68. The molecule has 4 rings (SSSR count). The number of ether oxygens (including phenoxy) is 1. The maximum absolute atomic E-state index is 14.5. The molecule has 6 heteroatoms. The summed E-state index contributed by atoms with van der Waals surface area (Å²) >= 11 is 0. The van der Waals surface area contributed by atoms with Gasteiger partial charge in [-0.2, -0.15) is 5.10 Å². The molecular weight excluding hydrogens is 338 g/mol. The van der Waals surface area contributed by atoms with Crippen molar-refractivity contribution in [2.75, 3.05) is 0 Å². The van der Waals surface area contributed by atoms with Crippen LogP contribution < -0.4 is 4.74 Å². The molecule has 26 heavy (non-hydrogen) atoms. The van der Waals surface area contributed by atoms with E-state index in [0.717, 1.165) is 17.7 Å². The number of halogens is 2. The molecule has 0 aliphatic rings. The Kier molecular flexibility index (Phi) is 3.71. The summed E-state index contributed by atoms with van der Waals surface area (Å²) in [6.45, 7) is 0.220. The molecule has 0 spiro atoms. The number of phenols is 1. The zero-order valence-electron chi connectivity index (χ0n) is 14.5. The molecule has 0 aliphatic heterocycles. The van der Waals surface area contributed by atoms with Crippen LogP contribution in [0.1, 0.15) is 6.93 Å². The standard InChI is InChI=1S/C20H14F2N2O2/c21-14-8-18-16(19(25)9-14)11-23-24(18)15-6-7-20(17(22)10-15)26-12-13-4-2-1-3-5-13/h1-11,25H,12H2/i11D. The van der Waals surface area contributed by atoms with Crippen LogP contribution in [0.25, 0.3) is 16.6 Å². The van der Waals surface area contributed by atoms with Crippen LogP contribution in [0.3, 0.4) is 0 Å². The average Bonchev–Trinajstić information content (AvgIpc) is 2.98. The maximum Gasteiger partial charge on any atom is 0.167 e. The Bertz CT molecular complexity index is 1130. The lowest BCUT2D eigenvalue weighted by Crippen LogP contribution is -2.00. The van der Waals surface area contributed by atoms with Crippen molar-refractivity contribution in [2.24, 2.45) is 0 Å². The second-order valence-electron chi connectivity index (χ2n) is 5.73. The molecule has 0 saturated heterocycles. The van der Waals surface area contributed by atoms with Gasteiger partial charge >= 0.3 is 0 Å². The zero-order valence-corrected chi connectivity index (χ0v) is 13.5. The van der Waals surface area contributed by atoms with Gasteiger partial charge in [0, 0.05) is 18.2 Å². The first-order valence-corrected chi connectivity index (χ1v) is 7.87. The molecule has 4 aromatic rings. The van der Waals surface area contributed by atoms with Crippen LogP contribution in [0.4, 0.5) is 8.78 Å². The first-order chi connectivity index (χ1) is 13.0. The Labute approximate surface area is 149 Å². The SMILES string of the molecule is [2H]c1nn(-c2ccc(OCc3ccccc3)c(F)c2)c2cc(F)cc(O)c12. The molecule has 0 amide bonds. The molecule has 0 bridgehead atoms. The van der Waals surface area contributed by atoms with Crippen molar-refractivity contribution < 1.29 is 20.0 Å². The number of nitrogens with zero attached hydrogens (tertiary/aromatic N) is 2. The van der Waals surface area contributed by atoms with E-state index in [0.29, 0.717) is 0 Å². The molecule has 4 nitrogen and oxygen atoms in total. The van der Waals surface area contributed by atoms with Gasteiger partial charge in [0.05, 0.1) is 24.1 Å². The van der Waals surface area contributed by atoms with E-state index in [1.54, 1.807) is 6.07 Å². The van der Waals surface area contributed by atoms with E-state index in [1.165, 1.54) is 16.8 Å². The Morgan fingerprint density at radius 1 is 1.08 bits per heavy atom. The third-order valence-corrected chi connectivity index (χ3v) is 3.95. The average molecular weight is 353 g/mol. The van der Waals surface area contributed by atoms with Gasteiger partial charge in [0.1, 0.15) is 18.2 Å². The van der Waals surface area contributed by atoms with E-state index in [1.807, 2.05) is 30.3 Å². The third-order valence-electron chi connectivity index (χ3n) is 3.95. The van der Waals surface area contributed by atoms with Gasteiger partial charge in [-0.05, 0) is 17.7 Å². The van der Waals surface area contributed by atoms with Gasteiger partial charge in [0.15, 0.2) is 11.6 Å². The lowest BCUT2D eigenvalue weighted by atomic mass is 10.2. The minimum Gasteiger partial charge on any atom is -0.507 e. The lowest BCUT2D eigenvalue weighted by Gasteiger charge is -2.10. The van der Waals surface area contributed by atoms with Crippen LogP contribution in [0.5, 0.6) is 11.5 Å². The molecule has 1 N–H and O–H groups in total. The van der Waals surface area contributed by atoms with Crippen LogP contribution in [0.2, 0.25) is 0 Å². The largest absolute Gasteiger partial charge is 0.507 e. The molecule has 130 valence electrons. The number of phenolic OH excluding ortho intramolecular Hbond substituents is 1. The summed E-state index contributed by atoms with van der Waals surface area (Å²) in [4.78, 5) is 0. The summed E-state index contributed by atoms with van der Waals surface area (Å²) in [6.07, 6.45) is -0.229. The highest BCUT2D eigenvalue weighted by molar-refractivity contribution is 5.86. The second-order valence-corrected chi connectivity index (χ2v) is 5.73. The van der Waals surface area contributed by atoms with Crippen molar-refractivity contribution in [1.82, 2.24) is 9.78 Å². The van der Waals surface area contributed by atoms with E-state index in [9.17, 15) is 13.9 Å². The van der Waals surface area contributed by atoms with Crippen LogP contribution in [0.15, 0.2) is 66.8 Å². The smallest absolute Gasteiger partial charge is 0.167 e. The molecule has 0 saturated carbocycles. The van der Waals surface area contributed by atoms with Gasteiger partial charge in [-0.1, -0.05) is 30.3 Å². The van der Waals surface area contributed by atoms with E-state index in [2.05, 4.69) is 5.10 Å². The van der Waals surface area contributed by atoms with Crippen molar-refractivity contribution in [1.29, 1.82) is 0 Å². The summed E-state index contributed by atoms with van der Waals surface area (Å²) in [5.41, 5.74) is 1.37. The van der Waals surface area contributed by atoms with Crippen LogP contribution in [-0.2, 0) is 6.61 Å². The number of hydrogen-bond acceptors (Lipinski definition) is 3. The van der Waals surface area contributed by atoms with E-state index >= 15 is 0 Å². The number of aromatic hydroxyl groups is 1. The summed E-state index contributed by atoms with van der Waals surface area (Å²) in [7, 11) is 0. The molecule has 1 heterocycles. The number of fused-ring (bicyclic) bond motifs is 1. The van der Waals surface area contributed by atoms with E-state index in [4.69, 9.17) is 6.11 Å². The molecule has 3 aromatic carbocycles. The van der Waals surface area contributed by atoms with Crippen molar-refractivity contribution in [3.63, 3.8) is 0 Å². The van der Waals surface area contributed by atoms with Gasteiger partial charge < -0.3 is 9.84 Å². The van der Waals surface area contributed by atoms with Crippen molar-refractivity contribution >= 4 is 10.9 Å². The topological polar surface area (TPSA) is 47.3 Å². The molecule has 0 fully saturated rings. The van der Waals surface area contributed by atoms with Crippen LogP contribution in [0, 0.1) is 11.6 Å². The van der Waals surface area contributed by atoms with E-state index < -0.39 is 11.6 Å². The van der Waals surface area contributed by atoms with Gasteiger partial charge in [-0.15, -0.1) is 0 Å². The summed E-state index contributed by atoms with van der Waals surface area (Å²) < 4.78 is 42.7. The van der Waals surface area contributed by atoms with Crippen molar-refractivity contribution in [2.45, 2.75) is 6.61 Å². The normalized spacial score (nSPS) is 11.5. The first-order valence-electron chi connectivity index (χ1n) is 8.37. The first kappa shape index (κ1) is 14.9. The third kappa shape index (κ3) is 2.97. The Hall–Kier alpha value is -3.41. The molecule has 0 atom stereocenters. The molecule has 1 aromatic heterocycles. The highest BCUT2D eigenvalue weighted by Gasteiger charge is 2.13. The quantitative estimate of drug-likeness (QED) is 0.584. The number of rotatable bonds is 4. The van der Waals surface area contributed by atoms with E-state index in [-0.39, 0.29) is 40.9 Å². The Morgan fingerprint density at radius 3 is 2.65 bits per heavy atom. The predicted octanol–water partition coefficient (Wildman–Crippen LogP) is 4.59. The van der Waals surface area contributed by atoms with Crippen molar-refractivity contribution in [3.8, 4) is 17.2 Å². The van der Waals surface area contributed by atoms with Gasteiger partial charge in [0.25, 0.3) is 0 Å². The minimum absolute atomic E-state index is 0.0687.